The number of benzene rings is 2. The Balaban J connectivity index is 1.91. The molecule has 2 aromatic carbocycles. The van der Waals surface area contributed by atoms with E-state index < -0.39 is 0 Å². The molecule has 1 aliphatic heterocycles. The number of Topliss-reactive ketones (excluding diaryl/α,β-unsaturated/α-hetero) is 1. The molecule has 0 saturated carbocycles. The van der Waals surface area contributed by atoms with Gasteiger partial charge in [-0.05, 0) is 35.1 Å². The standard InChI is InChI=1S/C23H23FN2O/c1-23(2)12-17-21(18(27)13-23)19(14-6-4-3-5-7-14)20(22(25)26-17)15-8-10-16(24)11-9-15/h3-11,19,26H,12-13,25H2,1-2H3. The second kappa shape index (κ2) is 6.38. The molecule has 4 heteroatoms. The van der Waals surface area contributed by atoms with Crippen LogP contribution in [0.3, 0.4) is 0 Å². The smallest absolute Gasteiger partial charge is 0.162 e. The molecule has 138 valence electrons. The summed E-state index contributed by atoms with van der Waals surface area (Å²) in [6, 6.07) is 16.2. The van der Waals surface area contributed by atoms with Crippen molar-refractivity contribution >= 4 is 11.4 Å². The summed E-state index contributed by atoms with van der Waals surface area (Å²) in [5, 5.41) is 3.29. The third kappa shape index (κ3) is 3.16. The Morgan fingerprint density at radius 3 is 2.33 bits per heavy atom. The highest BCUT2D eigenvalue weighted by atomic mass is 19.1. The van der Waals surface area contributed by atoms with Crippen LogP contribution in [-0.4, -0.2) is 5.78 Å². The van der Waals surface area contributed by atoms with Crippen LogP contribution in [0.1, 0.15) is 43.7 Å². The number of carbonyl (C=O) groups excluding carboxylic acids is 1. The number of rotatable bonds is 2. The summed E-state index contributed by atoms with van der Waals surface area (Å²) in [5.41, 5.74) is 10.7. The number of halogens is 1. The maximum absolute atomic E-state index is 13.5. The van der Waals surface area contributed by atoms with Crippen LogP contribution in [0.2, 0.25) is 0 Å². The Bertz CT molecular complexity index is 956. The Hall–Kier alpha value is -2.88. The van der Waals surface area contributed by atoms with Crippen molar-refractivity contribution in [1.82, 2.24) is 5.32 Å². The fourth-order valence-electron chi connectivity index (χ4n) is 4.24. The highest BCUT2D eigenvalue weighted by molar-refractivity contribution is 6.03. The molecule has 0 fully saturated rings. The van der Waals surface area contributed by atoms with E-state index in [9.17, 15) is 9.18 Å². The van der Waals surface area contributed by atoms with E-state index >= 15 is 0 Å². The van der Waals surface area contributed by atoms with E-state index in [1.165, 1.54) is 12.1 Å². The van der Waals surface area contributed by atoms with E-state index in [-0.39, 0.29) is 22.9 Å². The molecule has 0 bridgehead atoms. The van der Waals surface area contributed by atoms with E-state index in [1.807, 2.05) is 30.3 Å². The minimum atomic E-state index is -0.298. The summed E-state index contributed by atoms with van der Waals surface area (Å²) in [6.45, 7) is 4.20. The predicted molar refractivity (Wildman–Crippen MR) is 105 cm³/mol. The Labute approximate surface area is 158 Å². The first-order chi connectivity index (χ1) is 12.9. The molecule has 2 aromatic rings. The van der Waals surface area contributed by atoms with Crippen molar-refractivity contribution in [2.45, 2.75) is 32.6 Å². The van der Waals surface area contributed by atoms with Crippen molar-refractivity contribution in [2.24, 2.45) is 11.1 Å². The Morgan fingerprint density at radius 1 is 1.00 bits per heavy atom. The molecule has 0 amide bonds. The first kappa shape index (κ1) is 17.5. The fraction of sp³-hybridized carbons (Fsp3) is 0.261. The van der Waals surface area contributed by atoms with Gasteiger partial charge in [-0.1, -0.05) is 56.3 Å². The van der Waals surface area contributed by atoms with E-state index in [0.717, 1.165) is 34.4 Å². The van der Waals surface area contributed by atoms with Crippen molar-refractivity contribution in [3.05, 3.63) is 88.6 Å². The molecule has 0 saturated heterocycles. The van der Waals surface area contributed by atoms with E-state index in [4.69, 9.17) is 5.73 Å². The predicted octanol–water partition coefficient (Wildman–Crippen LogP) is 4.48. The average molecular weight is 362 g/mol. The first-order valence-corrected chi connectivity index (χ1v) is 9.19. The highest BCUT2D eigenvalue weighted by Crippen LogP contribution is 2.48. The summed E-state index contributed by atoms with van der Waals surface area (Å²) < 4.78 is 13.5. The molecule has 1 atom stereocenters. The lowest BCUT2D eigenvalue weighted by Crippen LogP contribution is -2.39. The zero-order chi connectivity index (χ0) is 19.2. The number of ketones is 1. The average Bonchev–Trinajstić information content (AvgIpc) is 2.61. The van der Waals surface area contributed by atoms with Crippen molar-refractivity contribution < 1.29 is 9.18 Å². The molecule has 27 heavy (non-hydrogen) atoms. The Morgan fingerprint density at radius 2 is 1.67 bits per heavy atom. The largest absolute Gasteiger partial charge is 0.385 e. The van der Waals surface area contributed by atoms with Gasteiger partial charge in [0.1, 0.15) is 11.6 Å². The summed E-state index contributed by atoms with van der Waals surface area (Å²) in [5.74, 6) is 0.124. The van der Waals surface area contributed by atoms with Gasteiger partial charge >= 0.3 is 0 Å². The third-order valence-corrected chi connectivity index (χ3v) is 5.36. The number of allylic oxidation sites excluding steroid dienone is 3. The van der Waals surface area contributed by atoms with Crippen LogP contribution in [0, 0.1) is 11.2 Å². The lowest BCUT2D eigenvalue weighted by Gasteiger charge is -2.40. The normalized spacial score (nSPS) is 21.7. The van der Waals surface area contributed by atoms with Gasteiger partial charge in [-0.15, -0.1) is 0 Å². The lowest BCUT2D eigenvalue weighted by atomic mass is 9.68. The van der Waals surface area contributed by atoms with Crippen LogP contribution in [0.15, 0.2) is 71.7 Å². The van der Waals surface area contributed by atoms with Gasteiger partial charge in [-0.25, -0.2) is 4.39 Å². The molecule has 3 N–H and O–H groups in total. The van der Waals surface area contributed by atoms with Gasteiger partial charge in [0.25, 0.3) is 0 Å². The van der Waals surface area contributed by atoms with Gasteiger partial charge in [0.05, 0.1) is 0 Å². The third-order valence-electron chi connectivity index (χ3n) is 5.36. The molecule has 1 aliphatic carbocycles. The topological polar surface area (TPSA) is 55.1 Å². The van der Waals surface area contributed by atoms with Crippen molar-refractivity contribution in [2.75, 3.05) is 0 Å². The molecule has 2 aliphatic rings. The van der Waals surface area contributed by atoms with Crippen molar-refractivity contribution in [1.29, 1.82) is 0 Å². The summed E-state index contributed by atoms with van der Waals surface area (Å²) >= 11 is 0. The molecule has 0 aromatic heterocycles. The van der Waals surface area contributed by atoms with Gasteiger partial charge in [0.2, 0.25) is 0 Å². The van der Waals surface area contributed by atoms with E-state index in [2.05, 4.69) is 19.2 Å². The minimum absolute atomic E-state index is 0.0994. The van der Waals surface area contributed by atoms with Crippen LogP contribution >= 0.6 is 0 Å². The number of hydrogen-bond acceptors (Lipinski definition) is 3. The fourth-order valence-corrected chi connectivity index (χ4v) is 4.24. The monoisotopic (exact) mass is 362 g/mol. The maximum atomic E-state index is 13.5. The maximum Gasteiger partial charge on any atom is 0.162 e. The molecular formula is C23H23FN2O. The van der Waals surface area contributed by atoms with Gasteiger partial charge < -0.3 is 11.1 Å². The van der Waals surface area contributed by atoms with Crippen LogP contribution in [0.25, 0.3) is 5.57 Å². The zero-order valence-electron chi connectivity index (χ0n) is 15.6. The number of hydrogen-bond donors (Lipinski definition) is 2. The number of carbonyl (C=O) groups is 1. The summed E-state index contributed by atoms with van der Waals surface area (Å²) in [7, 11) is 0. The molecular weight excluding hydrogens is 339 g/mol. The van der Waals surface area contributed by atoms with Gasteiger partial charge in [0, 0.05) is 29.2 Å². The van der Waals surface area contributed by atoms with Crippen LogP contribution < -0.4 is 11.1 Å². The van der Waals surface area contributed by atoms with E-state index in [1.54, 1.807) is 12.1 Å². The summed E-state index contributed by atoms with van der Waals surface area (Å²) in [4.78, 5) is 13.1. The quantitative estimate of drug-likeness (QED) is 0.828. The molecule has 1 heterocycles. The molecule has 0 spiro atoms. The summed E-state index contributed by atoms with van der Waals surface area (Å²) in [6.07, 6.45) is 1.28. The second-order valence-corrected chi connectivity index (χ2v) is 8.14. The Kier molecular flexibility index (Phi) is 4.14. The lowest BCUT2D eigenvalue weighted by molar-refractivity contribution is -0.118. The van der Waals surface area contributed by atoms with Crippen LogP contribution in [-0.2, 0) is 4.79 Å². The van der Waals surface area contributed by atoms with Crippen LogP contribution in [0.5, 0.6) is 0 Å². The first-order valence-electron chi connectivity index (χ1n) is 9.19. The van der Waals surface area contributed by atoms with Crippen molar-refractivity contribution in [3.8, 4) is 0 Å². The van der Waals surface area contributed by atoms with Gasteiger partial charge in [0.15, 0.2) is 5.78 Å². The van der Waals surface area contributed by atoms with Crippen LogP contribution in [0.4, 0.5) is 4.39 Å². The molecule has 4 rings (SSSR count). The number of nitrogens with two attached hydrogens (primary N) is 1. The van der Waals surface area contributed by atoms with Gasteiger partial charge in [-0.3, -0.25) is 4.79 Å². The van der Waals surface area contributed by atoms with Crippen molar-refractivity contribution in [3.63, 3.8) is 0 Å². The highest BCUT2D eigenvalue weighted by Gasteiger charge is 2.41. The van der Waals surface area contributed by atoms with E-state index in [0.29, 0.717) is 12.2 Å². The number of nitrogens with one attached hydrogen (secondary N) is 1. The SMILES string of the molecule is CC1(C)CC(=O)C2=C(C1)NC(N)=C(c1ccc(F)cc1)C2c1ccccc1. The second-order valence-electron chi connectivity index (χ2n) is 8.14. The molecule has 0 radical (unpaired) electrons. The molecule has 3 nitrogen and oxygen atoms in total. The molecule has 1 unspecified atom stereocenters. The number of dihydropyridines is 1. The van der Waals surface area contributed by atoms with Gasteiger partial charge in [-0.2, -0.15) is 0 Å². The zero-order valence-corrected chi connectivity index (χ0v) is 15.6. The minimum Gasteiger partial charge on any atom is -0.385 e.